The second-order valence-corrected chi connectivity index (χ2v) is 3.64. The predicted octanol–water partition coefficient (Wildman–Crippen LogP) is 0.738. The molecule has 0 aromatic heterocycles. The van der Waals surface area contributed by atoms with Gasteiger partial charge >= 0.3 is 0 Å². The normalized spacial score (nSPS) is 33.7. The fourth-order valence-electron chi connectivity index (χ4n) is 1.92. The molecule has 1 saturated heterocycles. The molecule has 2 aliphatic rings. The molecular formula is C9H16N2. The quantitative estimate of drug-likeness (QED) is 0.561. The third kappa shape index (κ3) is 1.47. The topological polar surface area (TPSA) is 29.3 Å². The Hall–Kier alpha value is -0.340. The number of hydrogen-bond acceptors (Lipinski definition) is 2. The van der Waals surface area contributed by atoms with Crippen LogP contribution in [0.1, 0.15) is 19.3 Å². The molecule has 11 heavy (non-hydrogen) atoms. The van der Waals surface area contributed by atoms with Crippen molar-refractivity contribution in [2.24, 2.45) is 5.73 Å². The maximum atomic E-state index is 5.71. The zero-order valence-electron chi connectivity index (χ0n) is 6.87. The van der Waals surface area contributed by atoms with Gasteiger partial charge in [-0.15, -0.1) is 0 Å². The average Bonchev–Trinajstić information content (AvgIpc) is 2.01. The van der Waals surface area contributed by atoms with Crippen LogP contribution in [0.15, 0.2) is 12.2 Å². The Kier molecular flexibility index (Phi) is 1.96. The molecule has 0 spiro atoms. The number of hydrogen-bond donors (Lipinski definition) is 1. The van der Waals surface area contributed by atoms with E-state index in [-0.39, 0.29) is 0 Å². The van der Waals surface area contributed by atoms with E-state index in [1.165, 1.54) is 19.3 Å². The summed E-state index contributed by atoms with van der Waals surface area (Å²) in [5.74, 6) is 0. The Labute approximate surface area is 68.1 Å². The molecule has 0 aromatic rings. The molecule has 1 heterocycles. The van der Waals surface area contributed by atoms with Crippen LogP contribution in [-0.4, -0.2) is 30.1 Å². The van der Waals surface area contributed by atoms with Gasteiger partial charge in [0.1, 0.15) is 0 Å². The molecule has 1 unspecified atom stereocenters. The fourth-order valence-corrected chi connectivity index (χ4v) is 1.92. The molecule has 2 N–H and O–H groups in total. The predicted molar refractivity (Wildman–Crippen MR) is 46.3 cm³/mol. The van der Waals surface area contributed by atoms with Crippen molar-refractivity contribution in [1.29, 1.82) is 0 Å². The third-order valence-electron chi connectivity index (χ3n) is 2.64. The summed E-state index contributed by atoms with van der Waals surface area (Å²) < 4.78 is 0. The minimum Gasteiger partial charge on any atom is -0.325 e. The molecule has 0 aromatic carbocycles. The minimum atomic E-state index is 0.449. The number of likely N-dealkylation sites (tertiary alicyclic amines) is 1. The van der Waals surface area contributed by atoms with Crippen molar-refractivity contribution < 1.29 is 0 Å². The van der Waals surface area contributed by atoms with E-state index in [4.69, 9.17) is 5.73 Å². The van der Waals surface area contributed by atoms with Crippen molar-refractivity contribution in [2.75, 3.05) is 13.1 Å². The summed E-state index contributed by atoms with van der Waals surface area (Å²) in [5.41, 5.74) is 5.71. The van der Waals surface area contributed by atoms with Gasteiger partial charge in [-0.2, -0.15) is 0 Å². The highest BCUT2D eigenvalue weighted by Crippen LogP contribution is 2.20. The largest absolute Gasteiger partial charge is 0.325 e. The summed E-state index contributed by atoms with van der Waals surface area (Å²) >= 11 is 0. The van der Waals surface area contributed by atoms with Gasteiger partial charge in [-0.25, -0.2) is 0 Å². The summed E-state index contributed by atoms with van der Waals surface area (Å²) in [7, 11) is 0. The van der Waals surface area contributed by atoms with Gasteiger partial charge in [0, 0.05) is 25.2 Å². The van der Waals surface area contributed by atoms with Gasteiger partial charge in [-0.05, 0) is 19.3 Å². The highest BCUT2D eigenvalue weighted by atomic mass is 15.2. The van der Waals surface area contributed by atoms with Crippen molar-refractivity contribution >= 4 is 0 Å². The zero-order valence-corrected chi connectivity index (χ0v) is 6.87. The first-order valence-electron chi connectivity index (χ1n) is 4.52. The number of nitrogens with zero attached hydrogens (tertiary/aromatic N) is 1. The first-order chi connectivity index (χ1) is 5.36. The van der Waals surface area contributed by atoms with Gasteiger partial charge in [0.15, 0.2) is 0 Å². The van der Waals surface area contributed by atoms with Crippen molar-refractivity contribution in [2.45, 2.75) is 31.3 Å². The first-order valence-corrected chi connectivity index (χ1v) is 4.52. The van der Waals surface area contributed by atoms with E-state index < -0.39 is 0 Å². The highest BCUT2D eigenvalue weighted by molar-refractivity contribution is 5.02. The molecule has 1 aliphatic heterocycles. The number of allylic oxidation sites excluding steroid dienone is 1. The van der Waals surface area contributed by atoms with E-state index in [0.717, 1.165) is 13.1 Å². The van der Waals surface area contributed by atoms with Gasteiger partial charge in [0.25, 0.3) is 0 Å². The van der Waals surface area contributed by atoms with E-state index in [0.29, 0.717) is 12.1 Å². The van der Waals surface area contributed by atoms with Crippen molar-refractivity contribution in [1.82, 2.24) is 4.90 Å². The van der Waals surface area contributed by atoms with Gasteiger partial charge in [-0.3, -0.25) is 4.90 Å². The molecule has 2 nitrogen and oxygen atoms in total. The van der Waals surface area contributed by atoms with Crippen molar-refractivity contribution in [3.63, 3.8) is 0 Å². The monoisotopic (exact) mass is 152 g/mol. The Bertz CT molecular complexity index is 159. The van der Waals surface area contributed by atoms with Crippen LogP contribution in [0.3, 0.4) is 0 Å². The average molecular weight is 152 g/mol. The van der Waals surface area contributed by atoms with Crippen LogP contribution >= 0.6 is 0 Å². The third-order valence-corrected chi connectivity index (χ3v) is 2.64. The Morgan fingerprint density at radius 3 is 2.73 bits per heavy atom. The van der Waals surface area contributed by atoms with E-state index in [1.807, 2.05) is 0 Å². The van der Waals surface area contributed by atoms with Crippen LogP contribution in [0.4, 0.5) is 0 Å². The SMILES string of the molecule is NC1CN(C2C=CCCC2)C1. The molecule has 62 valence electrons. The summed E-state index contributed by atoms with van der Waals surface area (Å²) in [6, 6.07) is 1.16. The summed E-state index contributed by atoms with van der Waals surface area (Å²) in [5, 5.41) is 0. The molecule has 0 radical (unpaired) electrons. The Balaban J connectivity index is 1.85. The smallest absolute Gasteiger partial charge is 0.0297 e. The molecule has 0 bridgehead atoms. The molecule has 0 saturated carbocycles. The molecular weight excluding hydrogens is 136 g/mol. The number of nitrogens with two attached hydrogens (primary N) is 1. The maximum absolute atomic E-state index is 5.71. The molecule has 2 heteroatoms. The summed E-state index contributed by atoms with van der Waals surface area (Å²) in [4.78, 5) is 2.47. The lowest BCUT2D eigenvalue weighted by atomic mass is 9.97. The van der Waals surface area contributed by atoms with Gasteiger partial charge in [0.05, 0.1) is 0 Å². The lowest BCUT2D eigenvalue weighted by Crippen LogP contribution is -2.59. The summed E-state index contributed by atoms with van der Waals surface area (Å²) in [6.07, 6.45) is 8.61. The standard InChI is InChI=1S/C9H16N2/c10-8-6-11(7-8)9-4-2-1-3-5-9/h2,4,8-9H,1,3,5-7,10H2. The fraction of sp³-hybridized carbons (Fsp3) is 0.778. The lowest BCUT2D eigenvalue weighted by molar-refractivity contribution is 0.109. The second-order valence-electron chi connectivity index (χ2n) is 3.64. The highest BCUT2D eigenvalue weighted by Gasteiger charge is 2.28. The molecule has 1 atom stereocenters. The van der Waals surface area contributed by atoms with Crippen molar-refractivity contribution in [3.8, 4) is 0 Å². The summed E-state index contributed by atoms with van der Waals surface area (Å²) in [6.45, 7) is 2.21. The number of rotatable bonds is 1. The van der Waals surface area contributed by atoms with Crippen LogP contribution in [0.2, 0.25) is 0 Å². The van der Waals surface area contributed by atoms with E-state index in [2.05, 4.69) is 17.1 Å². The molecule has 1 fully saturated rings. The molecule has 0 amide bonds. The van der Waals surface area contributed by atoms with Crippen LogP contribution < -0.4 is 5.73 Å². The van der Waals surface area contributed by atoms with E-state index in [1.54, 1.807) is 0 Å². The van der Waals surface area contributed by atoms with Gasteiger partial charge in [-0.1, -0.05) is 12.2 Å². The van der Waals surface area contributed by atoms with Crippen LogP contribution in [0, 0.1) is 0 Å². The Morgan fingerprint density at radius 2 is 2.18 bits per heavy atom. The van der Waals surface area contributed by atoms with E-state index >= 15 is 0 Å². The second kappa shape index (κ2) is 2.95. The van der Waals surface area contributed by atoms with E-state index in [9.17, 15) is 0 Å². The van der Waals surface area contributed by atoms with Gasteiger partial charge < -0.3 is 5.73 Å². The Morgan fingerprint density at radius 1 is 1.36 bits per heavy atom. The van der Waals surface area contributed by atoms with Crippen LogP contribution in [0.25, 0.3) is 0 Å². The van der Waals surface area contributed by atoms with Gasteiger partial charge in [0.2, 0.25) is 0 Å². The first kappa shape index (κ1) is 7.32. The van der Waals surface area contributed by atoms with Crippen molar-refractivity contribution in [3.05, 3.63) is 12.2 Å². The lowest BCUT2D eigenvalue weighted by Gasteiger charge is -2.42. The maximum Gasteiger partial charge on any atom is 0.0297 e. The minimum absolute atomic E-state index is 0.449. The molecule has 1 aliphatic carbocycles. The van der Waals surface area contributed by atoms with Crippen LogP contribution in [-0.2, 0) is 0 Å². The molecule has 2 rings (SSSR count). The van der Waals surface area contributed by atoms with Crippen LogP contribution in [0.5, 0.6) is 0 Å². The zero-order chi connectivity index (χ0) is 7.68.